The second-order valence-electron chi connectivity index (χ2n) is 6.48. The van der Waals surface area contributed by atoms with Crippen LogP contribution >= 0.6 is 0 Å². The van der Waals surface area contributed by atoms with Gasteiger partial charge in [-0.3, -0.25) is 0 Å². The van der Waals surface area contributed by atoms with E-state index in [2.05, 4.69) is 35.6 Å². The van der Waals surface area contributed by atoms with E-state index in [0.29, 0.717) is 12.0 Å². The third-order valence-electron chi connectivity index (χ3n) is 5.18. The number of nitrogens with one attached hydrogen (secondary N) is 1. The molecule has 0 bridgehead atoms. The molecule has 1 saturated heterocycles. The van der Waals surface area contributed by atoms with Crippen LogP contribution in [0.25, 0.3) is 0 Å². The molecule has 0 radical (unpaired) electrons. The summed E-state index contributed by atoms with van der Waals surface area (Å²) in [7, 11) is 1.81. The number of hydrogen-bond donors (Lipinski definition) is 1. The number of hydrogen-bond acceptors (Lipinski definition) is 3. The van der Waals surface area contributed by atoms with Gasteiger partial charge in [-0.25, -0.2) is 0 Å². The van der Waals surface area contributed by atoms with Crippen LogP contribution in [0.3, 0.4) is 0 Å². The summed E-state index contributed by atoms with van der Waals surface area (Å²) in [5.74, 6) is 0.635. The summed E-state index contributed by atoms with van der Waals surface area (Å²) in [6.07, 6.45) is 6.23. The van der Waals surface area contributed by atoms with Crippen molar-refractivity contribution in [1.29, 1.82) is 0 Å². The maximum atomic E-state index is 5.74. The molecule has 3 rings (SSSR count). The summed E-state index contributed by atoms with van der Waals surface area (Å²) in [4.78, 5) is 0. The average molecular weight is 289 g/mol. The molecule has 1 saturated carbocycles. The van der Waals surface area contributed by atoms with Gasteiger partial charge in [-0.15, -0.1) is 0 Å². The molecule has 1 N–H and O–H groups in total. The van der Waals surface area contributed by atoms with Crippen molar-refractivity contribution in [3.63, 3.8) is 0 Å². The van der Waals surface area contributed by atoms with Crippen LogP contribution in [0.5, 0.6) is 0 Å². The lowest BCUT2D eigenvalue weighted by atomic mass is 9.79. The third kappa shape index (κ3) is 3.47. The molecule has 1 aliphatic heterocycles. The first-order valence-electron chi connectivity index (χ1n) is 8.24. The van der Waals surface area contributed by atoms with Crippen LogP contribution < -0.4 is 5.32 Å². The second kappa shape index (κ2) is 6.91. The number of rotatable bonds is 5. The van der Waals surface area contributed by atoms with Gasteiger partial charge < -0.3 is 14.8 Å². The summed E-state index contributed by atoms with van der Waals surface area (Å²) in [6, 6.07) is 11.5. The largest absolute Gasteiger partial charge is 0.378 e. The Hall–Kier alpha value is -0.900. The molecule has 3 nitrogen and oxygen atoms in total. The van der Waals surface area contributed by atoms with Crippen molar-refractivity contribution in [1.82, 2.24) is 5.32 Å². The molecule has 1 heterocycles. The Bertz CT molecular complexity index is 428. The van der Waals surface area contributed by atoms with E-state index >= 15 is 0 Å². The first kappa shape index (κ1) is 15.0. The van der Waals surface area contributed by atoms with Crippen molar-refractivity contribution in [2.75, 3.05) is 26.9 Å². The maximum Gasteiger partial charge on any atom is 0.106 e. The highest BCUT2D eigenvalue weighted by Gasteiger charge is 2.36. The summed E-state index contributed by atoms with van der Waals surface area (Å²) in [5.41, 5.74) is 1.36. The highest BCUT2D eigenvalue weighted by atomic mass is 16.5. The minimum atomic E-state index is -0.112. The summed E-state index contributed by atoms with van der Waals surface area (Å²) in [6.45, 7) is 2.44. The van der Waals surface area contributed by atoms with Crippen LogP contribution in [0.2, 0.25) is 0 Å². The Morgan fingerprint density at radius 3 is 2.76 bits per heavy atom. The molecule has 3 unspecified atom stereocenters. The fourth-order valence-electron chi connectivity index (χ4n) is 3.75. The molecule has 0 aromatic heterocycles. The lowest BCUT2D eigenvalue weighted by Crippen LogP contribution is -2.48. The predicted molar refractivity (Wildman–Crippen MR) is 84.6 cm³/mol. The Balaban J connectivity index is 1.65. The van der Waals surface area contributed by atoms with Crippen LogP contribution in [0.1, 0.15) is 43.6 Å². The van der Waals surface area contributed by atoms with Gasteiger partial charge in [0.1, 0.15) is 5.60 Å². The van der Waals surface area contributed by atoms with Gasteiger partial charge in [0.25, 0.3) is 0 Å². The van der Waals surface area contributed by atoms with Crippen LogP contribution in [0, 0.1) is 0 Å². The molecule has 3 heteroatoms. The predicted octanol–water partition coefficient (Wildman–Crippen LogP) is 3.11. The lowest BCUT2D eigenvalue weighted by molar-refractivity contribution is -0.0186. The molecular formula is C18H27NO2. The van der Waals surface area contributed by atoms with Crippen LogP contribution in [-0.4, -0.2) is 38.5 Å². The van der Waals surface area contributed by atoms with Crippen LogP contribution in [0.4, 0.5) is 0 Å². The van der Waals surface area contributed by atoms with Gasteiger partial charge in [0.2, 0.25) is 0 Å². The zero-order valence-electron chi connectivity index (χ0n) is 13.0. The van der Waals surface area contributed by atoms with Gasteiger partial charge in [-0.1, -0.05) is 43.2 Å². The van der Waals surface area contributed by atoms with Crippen molar-refractivity contribution in [2.24, 2.45) is 0 Å². The van der Waals surface area contributed by atoms with E-state index in [9.17, 15) is 0 Å². The summed E-state index contributed by atoms with van der Waals surface area (Å²) in [5, 5.41) is 3.80. The van der Waals surface area contributed by atoms with Crippen molar-refractivity contribution >= 4 is 0 Å². The third-order valence-corrected chi connectivity index (χ3v) is 5.18. The van der Waals surface area contributed by atoms with Gasteiger partial charge in [0, 0.05) is 32.7 Å². The monoisotopic (exact) mass is 289 g/mol. The van der Waals surface area contributed by atoms with E-state index in [1.807, 2.05) is 7.11 Å². The van der Waals surface area contributed by atoms with Gasteiger partial charge in [0.05, 0.1) is 6.61 Å². The quantitative estimate of drug-likeness (QED) is 0.903. The Morgan fingerprint density at radius 1 is 1.24 bits per heavy atom. The molecule has 1 aromatic rings. The molecule has 1 aromatic carbocycles. The normalized spacial score (nSPS) is 33.2. The fraction of sp³-hybridized carbons (Fsp3) is 0.667. The van der Waals surface area contributed by atoms with E-state index in [0.717, 1.165) is 26.2 Å². The van der Waals surface area contributed by atoms with Crippen molar-refractivity contribution in [2.45, 2.75) is 49.7 Å². The SMILES string of the molecule is COC1(CNC2CCCCC2c2ccccc2)CCOC1. The Labute approximate surface area is 128 Å². The van der Waals surface area contributed by atoms with E-state index in [1.165, 1.54) is 31.2 Å². The van der Waals surface area contributed by atoms with Crippen molar-refractivity contribution in [3.05, 3.63) is 35.9 Å². The van der Waals surface area contributed by atoms with Gasteiger partial charge in [0.15, 0.2) is 0 Å². The molecule has 3 atom stereocenters. The minimum Gasteiger partial charge on any atom is -0.378 e. The summed E-state index contributed by atoms with van der Waals surface area (Å²) >= 11 is 0. The molecule has 0 amide bonds. The van der Waals surface area contributed by atoms with Crippen LogP contribution in [-0.2, 0) is 9.47 Å². The average Bonchev–Trinajstić information content (AvgIpc) is 3.04. The number of methoxy groups -OCH3 is 1. The lowest BCUT2D eigenvalue weighted by Gasteiger charge is -2.36. The highest BCUT2D eigenvalue weighted by molar-refractivity contribution is 5.22. The second-order valence-corrected chi connectivity index (χ2v) is 6.48. The molecule has 0 spiro atoms. The first-order chi connectivity index (χ1) is 10.3. The molecule has 1 aliphatic carbocycles. The minimum absolute atomic E-state index is 0.112. The van der Waals surface area contributed by atoms with Gasteiger partial charge in [-0.2, -0.15) is 0 Å². The number of ether oxygens (including phenoxy) is 2. The Kier molecular flexibility index (Phi) is 4.94. The van der Waals surface area contributed by atoms with Crippen LogP contribution in [0.15, 0.2) is 30.3 Å². The molecule has 21 heavy (non-hydrogen) atoms. The van der Waals surface area contributed by atoms with E-state index in [1.54, 1.807) is 0 Å². The number of benzene rings is 1. The van der Waals surface area contributed by atoms with Gasteiger partial charge in [-0.05, 0) is 24.3 Å². The standard InChI is InChI=1S/C18H27NO2/c1-20-18(11-12-21-14-18)13-19-17-10-6-5-9-16(17)15-7-3-2-4-8-15/h2-4,7-8,16-17,19H,5-6,9-14H2,1H3. The van der Waals surface area contributed by atoms with Crippen molar-refractivity contribution < 1.29 is 9.47 Å². The molecule has 2 aliphatic rings. The van der Waals surface area contributed by atoms with E-state index < -0.39 is 0 Å². The van der Waals surface area contributed by atoms with Gasteiger partial charge >= 0.3 is 0 Å². The zero-order chi connectivity index (χ0) is 14.5. The Morgan fingerprint density at radius 2 is 2.05 bits per heavy atom. The van der Waals surface area contributed by atoms with Crippen molar-refractivity contribution in [3.8, 4) is 0 Å². The molecule has 2 fully saturated rings. The fourth-order valence-corrected chi connectivity index (χ4v) is 3.75. The zero-order valence-corrected chi connectivity index (χ0v) is 13.0. The first-order valence-corrected chi connectivity index (χ1v) is 8.24. The topological polar surface area (TPSA) is 30.5 Å². The molecule has 116 valence electrons. The summed E-state index contributed by atoms with van der Waals surface area (Å²) < 4.78 is 11.3. The maximum absolute atomic E-state index is 5.74. The van der Waals surface area contributed by atoms with E-state index in [-0.39, 0.29) is 5.60 Å². The smallest absolute Gasteiger partial charge is 0.106 e. The van der Waals surface area contributed by atoms with E-state index in [4.69, 9.17) is 9.47 Å². The highest BCUT2D eigenvalue weighted by Crippen LogP contribution is 2.33. The molecular weight excluding hydrogens is 262 g/mol.